The molecule has 3 N–H and O–H groups in total. The Labute approximate surface area is 170 Å². The summed E-state index contributed by atoms with van der Waals surface area (Å²) >= 11 is 1.36. The first-order valence-electron chi connectivity index (χ1n) is 9.42. The van der Waals surface area contributed by atoms with Gasteiger partial charge in [0.05, 0.1) is 5.25 Å². The average molecular weight is 404 g/mol. The van der Waals surface area contributed by atoms with Gasteiger partial charge in [-0.15, -0.1) is 10.2 Å². The number of carbonyl (C=O) groups excluding carboxylic acids is 2. The van der Waals surface area contributed by atoms with Gasteiger partial charge in [0.1, 0.15) is 5.82 Å². The number of thioether (sulfide) groups is 1. The van der Waals surface area contributed by atoms with Crippen LogP contribution in [0.2, 0.25) is 0 Å². The van der Waals surface area contributed by atoms with E-state index in [4.69, 9.17) is 5.73 Å². The summed E-state index contributed by atoms with van der Waals surface area (Å²) in [5.74, 6) is 0.642. The Balaban J connectivity index is 2.11. The maximum Gasteiger partial charge on any atom is 0.237 e. The van der Waals surface area contributed by atoms with Crippen LogP contribution in [-0.4, -0.2) is 31.8 Å². The van der Waals surface area contributed by atoms with Crippen LogP contribution in [0.1, 0.15) is 44.1 Å². The number of primary amides is 1. The van der Waals surface area contributed by atoms with Crippen molar-refractivity contribution in [2.45, 2.75) is 64.4 Å². The summed E-state index contributed by atoms with van der Waals surface area (Å²) in [5.41, 5.74) is 8.26. The summed E-state index contributed by atoms with van der Waals surface area (Å²) in [7, 11) is 0. The average Bonchev–Trinajstić information content (AvgIpc) is 2.96. The fraction of sp³-hybridized carbons (Fsp3) is 0.500. The number of amides is 2. The summed E-state index contributed by atoms with van der Waals surface area (Å²) in [6, 6.07) is 5.94. The molecule has 0 saturated heterocycles. The topological polar surface area (TPSA) is 103 Å². The summed E-state index contributed by atoms with van der Waals surface area (Å²) < 4.78 is 1.99. The van der Waals surface area contributed by atoms with E-state index in [1.807, 2.05) is 43.5 Å². The van der Waals surface area contributed by atoms with Crippen molar-refractivity contribution < 1.29 is 9.59 Å². The molecule has 0 fully saturated rings. The van der Waals surface area contributed by atoms with Gasteiger partial charge in [-0.3, -0.25) is 9.59 Å². The van der Waals surface area contributed by atoms with Gasteiger partial charge in [-0.05, 0) is 38.3 Å². The lowest BCUT2D eigenvalue weighted by molar-refractivity contribution is -0.118. The quantitative estimate of drug-likeness (QED) is 0.626. The van der Waals surface area contributed by atoms with Crippen LogP contribution in [0.15, 0.2) is 23.4 Å². The molecule has 1 aromatic heterocycles. The summed E-state index contributed by atoms with van der Waals surface area (Å²) in [6.07, 6.45) is 0.669. The van der Waals surface area contributed by atoms with E-state index >= 15 is 0 Å². The van der Waals surface area contributed by atoms with E-state index < -0.39 is 0 Å². The number of hydrogen-bond donors (Lipinski definition) is 2. The van der Waals surface area contributed by atoms with E-state index in [1.165, 1.54) is 11.8 Å². The SMILES string of the molecule is Cc1ccc(NC(=O)[C@H](C)Sc2nnc(CCC(N)=O)n2CC(C)C)c(C)c1. The molecule has 1 heterocycles. The third-order valence-electron chi connectivity index (χ3n) is 4.23. The number of benzene rings is 1. The molecule has 152 valence electrons. The van der Waals surface area contributed by atoms with Gasteiger partial charge in [-0.1, -0.05) is 43.3 Å². The minimum atomic E-state index is -0.366. The fourth-order valence-corrected chi connectivity index (χ4v) is 3.65. The summed E-state index contributed by atoms with van der Waals surface area (Å²) in [4.78, 5) is 23.8. The smallest absolute Gasteiger partial charge is 0.237 e. The third kappa shape index (κ3) is 6.09. The first kappa shape index (κ1) is 21.9. The van der Waals surface area contributed by atoms with Gasteiger partial charge >= 0.3 is 0 Å². The van der Waals surface area contributed by atoms with Crippen molar-refractivity contribution in [3.63, 3.8) is 0 Å². The van der Waals surface area contributed by atoms with Crippen molar-refractivity contribution in [3.05, 3.63) is 35.2 Å². The van der Waals surface area contributed by atoms with Crippen molar-refractivity contribution in [2.24, 2.45) is 11.7 Å². The van der Waals surface area contributed by atoms with Crippen molar-refractivity contribution in [2.75, 3.05) is 5.32 Å². The lowest BCUT2D eigenvalue weighted by Gasteiger charge is -2.16. The highest BCUT2D eigenvalue weighted by Crippen LogP contribution is 2.25. The molecule has 2 aromatic rings. The van der Waals surface area contributed by atoms with Gasteiger partial charge in [-0.25, -0.2) is 0 Å². The maximum absolute atomic E-state index is 12.7. The Morgan fingerprint density at radius 2 is 1.93 bits per heavy atom. The largest absolute Gasteiger partial charge is 0.370 e. The normalized spacial score (nSPS) is 12.2. The van der Waals surface area contributed by atoms with Crippen LogP contribution in [0.5, 0.6) is 0 Å². The zero-order chi connectivity index (χ0) is 20.8. The predicted molar refractivity (Wildman–Crippen MR) is 112 cm³/mol. The molecular weight excluding hydrogens is 374 g/mol. The maximum atomic E-state index is 12.7. The monoisotopic (exact) mass is 403 g/mol. The molecule has 0 saturated carbocycles. The molecule has 0 radical (unpaired) electrons. The van der Waals surface area contributed by atoms with Crippen LogP contribution in [0.3, 0.4) is 0 Å². The molecule has 0 bridgehead atoms. The Morgan fingerprint density at radius 1 is 1.21 bits per heavy atom. The number of rotatable bonds is 9. The number of aryl methyl sites for hydroxylation is 3. The minimum Gasteiger partial charge on any atom is -0.370 e. The number of nitrogens with one attached hydrogen (secondary N) is 1. The molecule has 28 heavy (non-hydrogen) atoms. The zero-order valence-electron chi connectivity index (χ0n) is 17.2. The van der Waals surface area contributed by atoms with Crippen LogP contribution in [0.25, 0.3) is 0 Å². The van der Waals surface area contributed by atoms with Crippen molar-refractivity contribution in [1.82, 2.24) is 14.8 Å². The highest BCUT2D eigenvalue weighted by Gasteiger charge is 2.21. The van der Waals surface area contributed by atoms with Gasteiger partial charge in [-0.2, -0.15) is 0 Å². The van der Waals surface area contributed by atoms with Crippen LogP contribution in [0.4, 0.5) is 5.69 Å². The Hall–Kier alpha value is -2.35. The molecule has 1 atom stereocenters. The number of carbonyl (C=O) groups is 2. The third-order valence-corrected chi connectivity index (χ3v) is 5.31. The molecular formula is C20H29N5O2S. The van der Waals surface area contributed by atoms with Crippen molar-refractivity contribution in [1.29, 1.82) is 0 Å². The molecule has 8 heteroatoms. The van der Waals surface area contributed by atoms with E-state index in [0.29, 0.717) is 17.5 Å². The molecule has 7 nitrogen and oxygen atoms in total. The van der Waals surface area contributed by atoms with Crippen LogP contribution in [-0.2, 0) is 22.6 Å². The lowest BCUT2D eigenvalue weighted by Crippen LogP contribution is -2.23. The Kier molecular flexibility index (Phi) is 7.62. The second-order valence-corrected chi connectivity index (χ2v) is 8.75. The Morgan fingerprint density at radius 3 is 2.54 bits per heavy atom. The fourth-order valence-electron chi connectivity index (χ4n) is 2.77. The summed E-state index contributed by atoms with van der Waals surface area (Å²) in [6.45, 7) is 10.8. The first-order chi connectivity index (χ1) is 13.2. The van der Waals surface area contributed by atoms with E-state index in [-0.39, 0.29) is 23.5 Å². The number of hydrogen-bond acceptors (Lipinski definition) is 5. The second kappa shape index (κ2) is 9.73. The molecule has 0 spiro atoms. The Bertz CT molecular complexity index is 847. The molecule has 0 aliphatic rings. The zero-order valence-corrected chi connectivity index (χ0v) is 18.0. The summed E-state index contributed by atoms with van der Waals surface area (Å²) in [5, 5.41) is 11.8. The van der Waals surface area contributed by atoms with Gasteiger partial charge in [0.25, 0.3) is 0 Å². The first-order valence-corrected chi connectivity index (χ1v) is 10.3. The van der Waals surface area contributed by atoms with E-state index in [0.717, 1.165) is 29.2 Å². The second-order valence-electron chi connectivity index (χ2n) is 7.44. The van der Waals surface area contributed by atoms with Crippen molar-refractivity contribution in [3.8, 4) is 0 Å². The van der Waals surface area contributed by atoms with E-state index in [2.05, 4.69) is 29.4 Å². The number of aromatic nitrogens is 3. The van der Waals surface area contributed by atoms with Gasteiger partial charge in [0.2, 0.25) is 11.8 Å². The molecule has 0 aliphatic carbocycles. The van der Waals surface area contributed by atoms with Crippen molar-refractivity contribution >= 4 is 29.3 Å². The highest BCUT2D eigenvalue weighted by atomic mass is 32.2. The standard InChI is InChI=1S/C20H29N5O2S/c1-12(2)11-25-18(9-8-17(21)26)23-24-20(25)28-15(5)19(27)22-16-7-6-13(3)10-14(16)4/h6-7,10,12,15H,8-9,11H2,1-5H3,(H2,21,26)(H,22,27)/t15-/m0/s1. The number of nitrogens with two attached hydrogens (primary N) is 1. The molecule has 1 aromatic carbocycles. The van der Waals surface area contributed by atoms with Crippen LogP contribution >= 0.6 is 11.8 Å². The molecule has 0 aliphatic heterocycles. The molecule has 2 amide bonds. The molecule has 2 rings (SSSR count). The highest BCUT2D eigenvalue weighted by molar-refractivity contribution is 8.00. The predicted octanol–water partition coefficient (Wildman–Crippen LogP) is 3.09. The van der Waals surface area contributed by atoms with Gasteiger partial charge < -0.3 is 15.6 Å². The number of anilines is 1. The van der Waals surface area contributed by atoms with E-state index in [1.54, 1.807) is 0 Å². The van der Waals surface area contributed by atoms with Crippen LogP contribution < -0.4 is 11.1 Å². The van der Waals surface area contributed by atoms with Gasteiger partial charge in [0.15, 0.2) is 5.16 Å². The van der Waals surface area contributed by atoms with Crippen LogP contribution in [0, 0.1) is 19.8 Å². The van der Waals surface area contributed by atoms with Gasteiger partial charge in [0, 0.05) is 25.1 Å². The van der Waals surface area contributed by atoms with E-state index in [9.17, 15) is 9.59 Å². The molecule has 0 unspecified atom stereocenters. The number of nitrogens with zero attached hydrogens (tertiary/aromatic N) is 3. The minimum absolute atomic E-state index is 0.0882. The lowest BCUT2D eigenvalue weighted by atomic mass is 10.1.